The van der Waals surface area contributed by atoms with Crippen LogP contribution in [0.2, 0.25) is 0 Å². The Morgan fingerprint density at radius 2 is 1.78 bits per heavy atom. The SMILES string of the molecule is CCCn1c(=O)n(CCN2CCN(c3ccccc3OC)CC2)c(=O)c2c3cc(cc21)CCCOO3. The number of ether oxygens (including phenoxy) is 1. The average Bonchev–Trinajstić information content (AvgIpc) is 2.89. The van der Waals surface area contributed by atoms with Crippen LogP contribution in [-0.2, 0) is 24.4 Å². The summed E-state index contributed by atoms with van der Waals surface area (Å²) in [5, 5.41) is 0.412. The molecular weight excluding hydrogens is 460 g/mol. The first kappa shape index (κ1) is 24.4. The minimum Gasteiger partial charge on any atom is -0.495 e. The van der Waals surface area contributed by atoms with Gasteiger partial charge in [-0.05, 0) is 49.1 Å². The molecule has 1 saturated heterocycles. The third-order valence-electron chi connectivity index (χ3n) is 7.08. The van der Waals surface area contributed by atoms with Gasteiger partial charge in [-0.25, -0.2) is 4.79 Å². The molecule has 192 valence electrons. The van der Waals surface area contributed by atoms with Crippen molar-refractivity contribution in [2.45, 2.75) is 39.3 Å². The van der Waals surface area contributed by atoms with Crippen molar-refractivity contribution in [2.75, 3.05) is 51.3 Å². The topological polar surface area (TPSA) is 78.2 Å². The van der Waals surface area contributed by atoms with Crippen molar-refractivity contribution in [3.05, 3.63) is 62.8 Å². The fourth-order valence-electron chi connectivity index (χ4n) is 5.19. The van der Waals surface area contributed by atoms with Crippen LogP contribution in [0.1, 0.15) is 25.3 Å². The summed E-state index contributed by atoms with van der Waals surface area (Å²) in [5.41, 5.74) is 2.19. The van der Waals surface area contributed by atoms with Gasteiger partial charge < -0.3 is 14.5 Å². The lowest BCUT2D eigenvalue weighted by atomic mass is 10.1. The van der Waals surface area contributed by atoms with E-state index >= 15 is 0 Å². The molecule has 0 aliphatic carbocycles. The molecule has 2 aromatic carbocycles. The number of rotatable bonds is 7. The second-order valence-electron chi connectivity index (χ2n) is 9.39. The van der Waals surface area contributed by atoms with E-state index in [1.54, 1.807) is 11.7 Å². The summed E-state index contributed by atoms with van der Waals surface area (Å²) in [6.07, 6.45) is 2.43. The molecule has 1 fully saturated rings. The number of fused-ring (bicyclic) bond motifs is 4. The first-order valence-electron chi connectivity index (χ1n) is 12.8. The van der Waals surface area contributed by atoms with Crippen LogP contribution in [0, 0.1) is 0 Å². The highest BCUT2D eigenvalue weighted by Crippen LogP contribution is 2.29. The van der Waals surface area contributed by atoms with Gasteiger partial charge in [-0.15, -0.1) is 0 Å². The third-order valence-corrected chi connectivity index (χ3v) is 7.08. The summed E-state index contributed by atoms with van der Waals surface area (Å²) in [4.78, 5) is 42.5. The van der Waals surface area contributed by atoms with Crippen molar-refractivity contribution < 1.29 is 14.5 Å². The Balaban J connectivity index is 1.38. The van der Waals surface area contributed by atoms with Crippen molar-refractivity contribution in [1.82, 2.24) is 14.0 Å². The predicted octanol–water partition coefficient (Wildman–Crippen LogP) is 2.66. The van der Waals surface area contributed by atoms with E-state index in [0.717, 1.165) is 62.4 Å². The summed E-state index contributed by atoms with van der Waals surface area (Å²) in [7, 11) is 1.69. The molecule has 0 N–H and O–H groups in total. The lowest BCUT2D eigenvalue weighted by Gasteiger charge is -2.36. The van der Waals surface area contributed by atoms with E-state index in [4.69, 9.17) is 14.5 Å². The molecule has 0 unspecified atom stereocenters. The molecule has 3 aromatic rings. The quantitative estimate of drug-likeness (QED) is 0.468. The van der Waals surface area contributed by atoms with Crippen molar-refractivity contribution in [3.8, 4) is 11.5 Å². The first-order valence-corrected chi connectivity index (χ1v) is 12.8. The van der Waals surface area contributed by atoms with Gasteiger partial charge in [0, 0.05) is 45.8 Å². The number of piperazine rings is 1. The van der Waals surface area contributed by atoms with Crippen molar-refractivity contribution in [1.29, 1.82) is 0 Å². The van der Waals surface area contributed by atoms with Gasteiger partial charge in [-0.1, -0.05) is 19.1 Å². The Bertz CT molecular complexity index is 1340. The van der Waals surface area contributed by atoms with E-state index < -0.39 is 0 Å². The number of para-hydroxylation sites is 2. The second kappa shape index (κ2) is 10.8. The van der Waals surface area contributed by atoms with Crippen LogP contribution in [0.3, 0.4) is 0 Å². The zero-order valence-corrected chi connectivity index (χ0v) is 21.1. The lowest BCUT2D eigenvalue weighted by molar-refractivity contribution is -0.207. The van der Waals surface area contributed by atoms with Gasteiger partial charge in [0.15, 0.2) is 5.75 Å². The third kappa shape index (κ3) is 4.73. The number of anilines is 1. The molecule has 36 heavy (non-hydrogen) atoms. The number of benzene rings is 2. The monoisotopic (exact) mass is 494 g/mol. The molecule has 0 saturated carbocycles. The molecule has 0 amide bonds. The Labute approximate surface area is 210 Å². The highest BCUT2D eigenvalue weighted by Gasteiger charge is 2.22. The molecule has 9 nitrogen and oxygen atoms in total. The number of methoxy groups -OCH3 is 1. The van der Waals surface area contributed by atoms with Gasteiger partial charge in [-0.2, -0.15) is 4.89 Å². The molecule has 0 atom stereocenters. The van der Waals surface area contributed by atoms with Crippen molar-refractivity contribution in [2.24, 2.45) is 0 Å². The van der Waals surface area contributed by atoms with Gasteiger partial charge in [0.05, 0.1) is 24.9 Å². The Kier molecular flexibility index (Phi) is 7.29. The van der Waals surface area contributed by atoms with E-state index in [0.29, 0.717) is 42.9 Å². The van der Waals surface area contributed by atoms with Crippen molar-refractivity contribution >= 4 is 16.6 Å². The Hall–Kier alpha value is -3.30. The van der Waals surface area contributed by atoms with Crippen LogP contribution in [0.4, 0.5) is 5.69 Å². The molecule has 1 aromatic heterocycles. The first-order chi connectivity index (χ1) is 17.6. The summed E-state index contributed by atoms with van der Waals surface area (Å²) in [6, 6.07) is 11.9. The number of hydrogen-bond donors (Lipinski definition) is 0. The molecule has 3 heterocycles. The Morgan fingerprint density at radius 3 is 2.56 bits per heavy atom. The number of aromatic nitrogens is 2. The lowest BCUT2D eigenvalue weighted by Crippen LogP contribution is -2.49. The highest BCUT2D eigenvalue weighted by atomic mass is 17.2. The van der Waals surface area contributed by atoms with E-state index in [9.17, 15) is 9.59 Å². The average molecular weight is 495 g/mol. The molecule has 2 aliphatic rings. The van der Waals surface area contributed by atoms with Gasteiger partial charge >= 0.3 is 5.69 Å². The number of aryl methyl sites for hydroxylation is 2. The highest BCUT2D eigenvalue weighted by molar-refractivity contribution is 5.85. The van der Waals surface area contributed by atoms with Crippen molar-refractivity contribution in [3.63, 3.8) is 0 Å². The van der Waals surface area contributed by atoms with Gasteiger partial charge in [0.25, 0.3) is 5.56 Å². The summed E-state index contributed by atoms with van der Waals surface area (Å²) in [5.74, 6) is 1.27. The molecular formula is C27H34N4O5. The number of nitrogens with zero attached hydrogens (tertiary/aromatic N) is 4. The zero-order chi connectivity index (χ0) is 25.1. The van der Waals surface area contributed by atoms with Crippen LogP contribution in [0.5, 0.6) is 11.5 Å². The van der Waals surface area contributed by atoms with Gasteiger partial charge in [0.1, 0.15) is 11.1 Å². The fraction of sp³-hybridized carbons (Fsp3) is 0.481. The standard InChI is InChI=1S/C27H34N4O5/c1-3-10-30-22-18-20-7-6-17-35-36-24(19-20)25(22)26(32)31(27(30)33)16-13-28-11-14-29(15-12-28)21-8-4-5-9-23(21)34-2/h4-5,8-9,18-19H,3,6-7,10-17H2,1-2H3. The van der Waals surface area contributed by atoms with Crippen LogP contribution in [0.25, 0.3) is 10.9 Å². The van der Waals surface area contributed by atoms with E-state index in [1.807, 2.05) is 37.3 Å². The Morgan fingerprint density at radius 1 is 0.972 bits per heavy atom. The predicted molar refractivity (Wildman–Crippen MR) is 139 cm³/mol. The zero-order valence-electron chi connectivity index (χ0n) is 21.1. The molecule has 5 rings (SSSR count). The van der Waals surface area contributed by atoms with Gasteiger partial charge in [-0.3, -0.25) is 18.8 Å². The largest absolute Gasteiger partial charge is 0.495 e. The molecule has 0 spiro atoms. The second-order valence-corrected chi connectivity index (χ2v) is 9.39. The van der Waals surface area contributed by atoms with Crippen LogP contribution in [0.15, 0.2) is 46.0 Å². The van der Waals surface area contributed by atoms with Crippen LogP contribution < -0.4 is 25.8 Å². The maximum absolute atomic E-state index is 13.6. The van der Waals surface area contributed by atoms with Gasteiger partial charge in [0.2, 0.25) is 0 Å². The van der Waals surface area contributed by atoms with E-state index in [-0.39, 0.29) is 11.2 Å². The summed E-state index contributed by atoms with van der Waals surface area (Å²) < 4.78 is 8.60. The van der Waals surface area contributed by atoms with Crippen LogP contribution >= 0.6 is 0 Å². The summed E-state index contributed by atoms with van der Waals surface area (Å²) >= 11 is 0. The number of hydrogen-bond acceptors (Lipinski definition) is 7. The maximum Gasteiger partial charge on any atom is 0.331 e. The van der Waals surface area contributed by atoms with Crippen LogP contribution in [-0.4, -0.2) is 60.5 Å². The molecule has 9 heteroatoms. The molecule has 2 aliphatic heterocycles. The fourth-order valence-corrected chi connectivity index (χ4v) is 5.19. The minimum atomic E-state index is -0.319. The summed E-state index contributed by atoms with van der Waals surface area (Å²) in [6.45, 7) is 7.37. The van der Waals surface area contributed by atoms with E-state index in [1.165, 1.54) is 4.57 Å². The molecule has 2 bridgehead atoms. The molecule has 0 radical (unpaired) electrons. The maximum atomic E-state index is 13.6. The van der Waals surface area contributed by atoms with E-state index in [2.05, 4.69) is 15.9 Å². The minimum absolute atomic E-state index is 0.261. The normalized spacial score (nSPS) is 16.4. The smallest absolute Gasteiger partial charge is 0.331 e.